The van der Waals surface area contributed by atoms with E-state index in [4.69, 9.17) is 4.74 Å². The maximum Gasteiger partial charge on any atom is 0.338 e. The van der Waals surface area contributed by atoms with Gasteiger partial charge in [0.25, 0.3) is 0 Å². The molecule has 1 atom stereocenters. The Kier molecular flexibility index (Phi) is 5.41. The molecule has 5 heteroatoms. The van der Waals surface area contributed by atoms with E-state index < -0.39 is 0 Å². The van der Waals surface area contributed by atoms with E-state index >= 15 is 0 Å². The topological polar surface area (TPSA) is 58.6 Å². The number of anilines is 1. The number of carbonyl (C=O) groups excluding carboxylic acids is 2. The first kappa shape index (κ1) is 16.3. The van der Waals surface area contributed by atoms with E-state index in [9.17, 15) is 9.59 Å². The van der Waals surface area contributed by atoms with Crippen molar-refractivity contribution in [3.63, 3.8) is 0 Å². The Morgan fingerprint density at radius 1 is 1.41 bits per heavy atom. The number of nitrogens with zero attached hydrogens (tertiary/aromatic N) is 1. The third kappa shape index (κ3) is 3.78. The lowest BCUT2D eigenvalue weighted by Crippen LogP contribution is -2.42. The molecule has 1 saturated heterocycles. The number of esters is 1. The van der Waals surface area contributed by atoms with Crippen LogP contribution in [0.5, 0.6) is 0 Å². The van der Waals surface area contributed by atoms with Crippen molar-refractivity contribution in [2.75, 3.05) is 32.1 Å². The average molecular weight is 304 g/mol. The highest BCUT2D eigenvalue weighted by Crippen LogP contribution is 2.20. The lowest BCUT2D eigenvalue weighted by atomic mass is 10.0. The number of hydrogen-bond donors (Lipinski definition) is 1. The maximum absolute atomic E-state index is 12.3. The van der Waals surface area contributed by atoms with Crippen molar-refractivity contribution in [3.8, 4) is 0 Å². The van der Waals surface area contributed by atoms with Crippen LogP contribution in [0.15, 0.2) is 18.2 Å². The maximum atomic E-state index is 12.3. The molecule has 0 saturated carbocycles. The zero-order valence-corrected chi connectivity index (χ0v) is 13.5. The molecule has 22 heavy (non-hydrogen) atoms. The minimum Gasteiger partial charge on any atom is -0.465 e. The quantitative estimate of drug-likeness (QED) is 0.868. The van der Waals surface area contributed by atoms with Crippen molar-refractivity contribution in [1.82, 2.24) is 4.90 Å². The Hall–Kier alpha value is -2.04. The van der Waals surface area contributed by atoms with Gasteiger partial charge >= 0.3 is 5.97 Å². The van der Waals surface area contributed by atoms with Gasteiger partial charge in [0.1, 0.15) is 0 Å². The van der Waals surface area contributed by atoms with Gasteiger partial charge in [0.2, 0.25) is 5.91 Å². The molecule has 1 N–H and O–H groups in total. The SMILES string of the molecule is COC(=O)c1cccc(NCC(=O)N2CCCC(C)C2)c1C. The van der Waals surface area contributed by atoms with E-state index in [0.717, 1.165) is 30.8 Å². The summed E-state index contributed by atoms with van der Waals surface area (Å²) in [6.07, 6.45) is 2.27. The predicted octanol–water partition coefficient (Wildman–Crippen LogP) is 2.45. The molecule has 1 aromatic carbocycles. The molecule has 0 aromatic heterocycles. The lowest BCUT2D eigenvalue weighted by Gasteiger charge is -2.31. The number of nitrogens with one attached hydrogen (secondary N) is 1. The van der Waals surface area contributed by atoms with Gasteiger partial charge in [-0.25, -0.2) is 4.79 Å². The van der Waals surface area contributed by atoms with Gasteiger partial charge in [-0.1, -0.05) is 13.0 Å². The second-order valence-corrected chi connectivity index (χ2v) is 5.91. The summed E-state index contributed by atoms with van der Waals surface area (Å²) in [5, 5.41) is 3.15. The van der Waals surface area contributed by atoms with Crippen LogP contribution in [0.2, 0.25) is 0 Å². The predicted molar refractivity (Wildman–Crippen MR) is 86.0 cm³/mol. The molecule has 0 spiro atoms. The molecule has 120 valence electrons. The van der Waals surface area contributed by atoms with Gasteiger partial charge in [-0.2, -0.15) is 0 Å². The van der Waals surface area contributed by atoms with Crippen molar-refractivity contribution in [3.05, 3.63) is 29.3 Å². The Balaban J connectivity index is 1.99. The summed E-state index contributed by atoms with van der Waals surface area (Å²) in [6, 6.07) is 5.38. The molecular weight excluding hydrogens is 280 g/mol. The number of amides is 1. The first-order chi connectivity index (χ1) is 10.5. The van der Waals surface area contributed by atoms with E-state index in [1.54, 1.807) is 12.1 Å². The fraction of sp³-hybridized carbons (Fsp3) is 0.529. The monoisotopic (exact) mass is 304 g/mol. The number of rotatable bonds is 4. The van der Waals surface area contributed by atoms with E-state index in [1.165, 1.54) is 13.5 Å². The van der Waals surface area contributed by atoms with Gasteiger partial charge in [-0.05, 0) is 43.4 Å². The van der Waals surface area contributed by atoms with Gasteiger partial charge in [0.15, 0.2) is 0 Å². The van der Waals surface area contributed by atoms with Gasteiger partial charge < -0.3 is 15.0 Å². The normalized spacial score (nSPS) is 18.0. The van der Waals surface area contributed by atoms with Crippen LogP contribution >= 0.6 is 0 Å². The molecule has 1 heterocycles. The molecule has 0 bridgehead atoms. The highest BCUT2D eigenvalue weighted by Gasteiger charge is 2.21. The van der Waals surface area contributed by atoms with Crippen molar-refractivity contribution < 1.29 is 14.3 Å². The van der Waals surface area contributed by atoms with Crippen molar-refractivity contribution in [2.24, 2.45) is 5.92 Å². The third-order valence-corrected chi connectivity index (χ3v) is 4.18. The lowest BCUT2D eigenvalue weighted by molar-refractivity contribution is -0.130. The van der Waals surface area contributed by atoms with Gasteiger partial charge in [-0.15, -0.1) is 0 Å². The van der Waals surface area contributed by atoms with Gasteiger partial charge in [0, 0.05) is 18.8 Å². The molecule has 1 fully saturated rings. The molecular formula is C17H24N2O3. The number of carbonyl (C=O) groups is 2. The first-order valence-electron chi connectivity index (χ1n) is 7.72. The summed E-state index contributed by atoms with van der Waals surface area (Å²) in [5.74, 6) is 0.314. The van der Waals surface area contributed by atoms with Crippen LogP contribution in [0.25, 0.3) is 0 Å². The summed E-state index contributed by atoms with van der Waals surface area (Å²) in [5.41, 5.74) is 2.11. The minimum absolute atomic E-state index is 0.106. The fourth-order valence-corrected chi connectivity index (χ4v) is 2.86. The van der Waals surface area contributed by atoms with Crippen LogP contribution in [0, 0.1) is 12.8 Å². The highest BCUT2D eigenvalue weighted by molar-refractivity contribution is 5.93. The number of hydrogen-bond acceptors (Lipinski definition) is 4. The number of piperidine rings is 1. The van der Waals surface area contributed by atoms with Gasteiger partial charge in [0.05, 0.1) is 19.2 Å². The Morgan fingerprint density at radius 3 is 2.86 bits per heavy atom. The smallest absolute Gasteiger partial charge is 0.338 e. The standard InChI is InChI=1S/C17H24N2O3/c1-12-6-5-9-19(11-12)16(20)10-18-15-8-4-7-14(13(15)2)17(21)22-3/h4,7-8,12,18H,5-6,9-11H2,1-3H3. The number of ether oxygens (including phenoxy) is 1. The van der Waals surface area contributed by atoms with Crippen molar-refractivity contribution in [2.45, 2.75) is 26.7 Å². The molecule has 0 aliphatic carbocycles. The highest BCUT2D eigenvalue weighted by atomic mass is 16.5. The zero-order chi connectivity index (χ0) is 16.1. The first-order valence-corrected chi connectivity index (χ1v) is 7.72. The summed E-state index contributed by atoms with van der Waals surface area (Å²) in [7, 11) is 1.36. The van der Waals surface area contributed by atoms with Crippen LogP contribution in [-0.4, -0.2) is 43.5 Å². The van der Waals surface area contributed by atoms with Crippen LogP contribution in [-0.2, 0) is 9.53 Å². The van der Waals surface area contributed by atoms with Crippen molar-refractivity contribution >= 4 is 17.6 Å². The molecule has 2 rings (SSSR count). The summed E-state index contributed by atoms with van der Waals surface area (Å²) < 4.78 is 4.76. The van der Waals surface area contributed by atoms with Crippen LogP contribution in [0.1, 0.15) is 35.7 Å². The Labute approximate surface area is 131 Å². The summed E-state index contributed by atoms with van der Waals surface area (Å²) in [6.45, 7) is 5.95. The van der Waals surface area contributed by atoms with Crippen molar-refractivity contribution in [1.29, 1.82) is 0 Å². The molecule has 0 radical (unpaired) electrons. The molecule has 1 amide bonds. The summed E-state index contributed by atoms with van der Waals surface area (Å²) >= 11 is 0. The van der Waals surface area contributed by atoms with E-state index in [2.05, 4.69) is 12.2 Å². The number of benzene rings is 1. The van der Waals surface area contributed by atoms with Crippen LogP contribution < -0.4 is 5.32 Å². The minimum atomic E-state index is -0.364. The Morgan fingerprint density at radius 2 is 2.18 bits per heavy atom. The van der Waals surface area contributed by atoms with Gasteiger partial charge in [-0.3, -0.25) is 4.79 Å². The zero-order valence-electron chi connectivity index (χ0n) is 13.5. The molecule has 5 nitrogen and oxygen atoms in total. The van der Waals surface area contributed by atoms with E-state index in [-0.39, 0.29) is 18.4 Å². The average Bonchev–Trinajstić information content (AvgIpc) is 2.53. The van der Waals surface area contributed by atoms with Crippen LogP contribution in [0.3, 0.4) is 0 Å². The second kappa shape index (κ2) is 7.29. The number of methoxy groups -OCH3 is 1. The van der Waals surface area contributed by atoms with Crippen LogP contribution in [0.4, 0.5) is 5.69 Å². The molecule has 1 unspecified atom stereocenters. The van der Waals surface area contributed by atoms with E-state index in [0.29, 0.717) is 11.5 Å². The third-order valence-electron chi connectivity index (χ3n) is 4.18. The Bertz CT molecular complexity index is 557. The largest absolute Gasteiger partial charge is 0.465 e. The molecule has 1 aromatic rings. The molecule has 1 aliphatic heterocycles. The number of likely N-dealkylation sites (tertiary alicyclic amines) is 1. The fourth-order valence-electron chi connectivity index (χ4n) is 2.86. The van der Waals surface area contributed by atoms with E-state index in [1.807, 2.05) is 17.9 Å². The second-order valence-electron chi connectivity index (χ2n) is 5.91. The molecule has 1 aliphatic rings. The summed E-state index contributed by atoms with van der Waals surface area (Å²) in [4.78, 5) is 25.9.